The highest BCUT2D eigenvalue weighted by Gasteiger charge is 2.31. The van der Waals surface area contributed by atoms with Crippen molar-refractivity contribution in [3.05, 3.63) is 34.9 Å². The molecule has 1 N–H and O–H groups in total. The van der Waals surface area contributed by atoms with Gasteiger partial charge in [-0.2, -0.15) is 0 Å². The van der Waals surface area contributed by atoms with E-state index in [1.54, 1.807) is 6.92 Å². The molecule has 0 bridgehead atoms. The first kappa shape index (κ1) is 18.2. The number of halogens is 1. The van der Waals surface area contributed by atoms with Gasteiger partial charge in [0.05, 0.1) is 0 Å². The highest BCUT2D eigenvalue weighted by Crippen LogP contribution is 2.17. The van der Waals surface area contributed by atoms with E-state index in [9.17, 15) is 9.59 Å². The van der Waals surface area contributed by atoms with E-state index in [4.69, 9.17) is 11.6 Å². The highest BCUT2D eigenvalue weighted by atomic mass is 35.5. The van der Waals surface area contributed by atoms with Crippen LogP contribution in [0.2, 0.25) is 5.02 Å². The Hall–Kier alpha value is -1.59. The van der Waals surface area contributed by atoms with Gasteiger partial charge in [-0.1, -0.05) is 23.7 Å². The molecule has 2 fully saturated rings. The third-order valence-electron chi connectivity index (χ3n) is 5.19. The van der Waals surface area contributed by atoms with Crippen molar-refractivity contribution in [2.24, 2.45) is 0 Å². The van der Waals surface area contributed by atoms with Crippen molar-refractivity contribution >= 4 is 23.4 Å². The number of benzene rings is 1. The Bertz CT molecular complexity index is 629. The van der Waals surface area contributed by atoms with E-state index in [0.717, 1.165) is 56.0 Å². The lowest BCUT2D eigenvalue weighted by atomic mass is 10.0. The summed E-state index contributed by atoms with van der Waals surface area (Å²) in [5.41, 5.74) is 1.16. The second kappa shape index (κ2) is 8.19. The molecule has 25 heavy (non-hydrogen) atoms. The molecule has 136 valence electrons. The summed E-state index contributed by atoms with van der Waals surface area (Å²) in [6, 6.07) is 8.44. The molecule has 0 aromatic heterocycles. The van der Waals surface area contributed by atoms with Crippen molar-refractivity contribution in [3.63, 3.8) is 0 Å². The van der Waals surface area contributed by atoms with Crippen molar-refractivity contribution in [3.8, 4) is 0 Å². The van der Waals surface area contributed by atoms with Crippen molar-refractivity contribution in [1.82, 2.24) is 15.1 Å². The Balaban J connectivity index is 1.44. The van der Waals surface area contributed by atoms with Crippen LogP contribution in [0.25, 0.3) is 0 Å². The first-order chi connectivity index (χ1) is 12.0. The zero-order valence-electron chi connectivity index (χ0n) is 14.7. The minimum atomic E-state index is 0.154. The predicted octanol–water partition coefficient (Wildman–Crippen LogP) is 2.08. The Labute approximate surface area is 154 Å². The number of hydrogen-bond donors (Lipinski definition) is 1. The van der Waals surface area contributed by atoms with Crippen molar-refractivity contribution in [2.75, 3.05) is 26.2 Å². The van der Waals surface area contributed by atoms with Gasteiger partial charge in [-0.05, 0) is 37.0 Å². The number of piperidine rings is 1. The largest absolute Gasteiger partial charge is 0.343 e. The summed E-state index contributed by atoms with van der Waals surface area (Å²) in [5.74, 6) is 0.377. The van der Waals surface area contributed by atoms with Crippen LogP contribution in [0.4, 0.5) is 0 Å². The van der Waals surface area contributed by atoms with E-state index >= 15 is 0 Å². The maximum Gasteiger partial charge on any atom is 0.224 e. The molecule has 0 radical (unpaired) electrons. The molecule has 1 aromatic carbocycles. The normalized spacial score (nSPS) is 21.8. The van der Waals surface area contributed by atoms with Gasteiger partial charge in [-0.25, -0.2) is 0 Å². The van der Waals surface area contributed by atoms with Crippen LogP contribution in [0, 0.1) is 0 Å². The smallest absolute Gasteiger partial charge is 0.224 e. The van der Waals surface area contributed by atoms with Crippen LogP contribution >= 0.6 is 11.6 Å². The summed E-state index contributed by atoms with van der Waals surface area (Å²) in [5, 5.41) is 4.36. The molecule has 3 rings (SSSR count). The molecule has 5 nitrogen and oxygen atoms in total. The molecule has 1 unspecified atom stereocenters. The van der Waals surface area contributed by atoms with E-state index in [1.807, 2.05) is 34.1 Å². The Morgan fingerprint density at radius 3 is 2.72 bits per heavy atom. The fourth-order valence-corrected chi connectivity index (χ4v) is 3.96. The minimum absolute atomic E-state index is 0.154. The number of nitrogens with zero attached hydrogens (tertiary/aromatic N) is 2. The van der Waals surface area contributed by atoms with Gasteiger partial charge in [0.1, 0.15) is 0 Å². The standard InChI is InChI=1S/C19H26ClN3O2/c1-14(24)22-9-6-17(7-10-22)21-18-12-19(25)23(13-18)8-5-15-3-2-4-16(20)11-15/h2-4,11,17-18,21H,5-10,12-13H2,1H3. The second-order valence-corrected chi connectivity index (χ2v) is 7.50. The number of carbonyl (C=O) groups is 2. The van der Waals surface area contributed by atoms with Gasteiger partial charge in [0.25, 0.3) is 0 Å². The van der Waals surface area contributed by atoms with Gasteiger partial charge in [-0.3, -0.25) is 9.59 Å². The number of hydrogen-bond acceptors (Lipinski definition) is 3. The molecule has 1 aromatic rings. The number of amides is 2. The first-order valence-electron chi connectivity index (χ1n) is 9.05. The van der Waals surface area contributed by atoms with Gasteiger partial charge >= 0.3 is 0 Å². The molecule has 0 saturated carbocycles. The Morgan fingerprint density at radius 2 is 2.04 bits per heavy atom. The fraction of sp³-hybridized carbons (Fsp3) is 0.579. The van der Waals surface area contributed by atoms with Crippen LogP contribution < -0.4 is 5.32 Å². The van der Waals surface area contributed by atoms with Crippen LogP contribution in [-0.2, 0) is 16.0 Å². The molecule has 0 spiro atoms. The summed E-state index contributed by atoms with van der Waals surface area (Å²) in [6.07, 6.45) is 3.33. The highest BCUT2D eigenvalue weighted by molar-refractivity contribution is 6.30. The zero-order chi connectivity index (χ0) is 17.8. The Morgan fingerprint density at radius 1 is 1.28 bits per heavy atom. The molecule has 6 heteroatoms. The monoisotopic (exact) mass is 363 g/mol. The molecule has 2 heterocycles. The lowest BCUT2D eigenvalue weighted by Gasteiger charge is -2.33. The van der Waals surface area contributed by atoms with Crippen molar-refractivity contribution < 1.29 is 9.59 Å². The number of likely N-dealkylation sites (tertiary alicyclic amines) is 2. The average molecular weight is 364 g/mol. The van der Waals surface area contributed by atoms with Gasteiger partial charge in [0.2, 0.25) is 11.8 Å². The second-order valence-electron chi connectivity index (χ2n) is 7.07. The zero-order valence-corrected chi connectivity index (χ0v) is 15.5. The summed E-state index contributed by atoms with van der Waals surface area (Å²) >= 11 is 6.02. The third-order valence-corrected chi connectivity index (χ3v) is 5.42. The van der Waals surface area contributed by atoms with E-state index in [2.05, 4.69) is 5.32 Å². The fourth-order valence-electron chi connectivity index (χ4n) is 3.75. The number of carbonyl (C=O) groups excluding carboxylic acids is 2. The predicted molar refractivity (Wildman–Crippen MR) is 98.6 cm³/mol. The van der Waals surface area contributed by atoms with Crippen LogP contribution in [0.1, 0.15) is 31.7 Å². The Kier molecular flexibility index (Phi) is 5.97. The van der Waals surface area contributed by atoms with E-state index in [1.165, 1.54) is 0 Å². The number of rotatable bonds is 5. The summed E-state index contributed by atoms with van der Waals surface area (Å²) < 4.78 is 0. The molecule has 2 aliphatic rings. The molecule has 2 aliphatic heterocycles. The topological polar surface area (TPSA) is 52.7 Å². The minimum Gasteiger partial charge on any atom is -0.343 e. The van der Waals surface area contributed by atoms with E-state index in [0.29, 0.717) is 12.5 Å². The molecular weight excluding hydrogens is 338 g/mol. The van der Waals surface area contributed by atoms with Crippen LogP contribution in [-0.4, -0.2) is 59.9 Å². The van der Waals surface area contributed by atoms with Crippen LogP contribution in [0.15, 0.2) is 24.3 Å². The summed E-state index contributed by atoms with van der Waals surface area (Å²) in [4.78, 5) is 27.5. The molecule has 2 saturated heterocycles. The SMILES string of the molecule is CC(=O)N1CCC(NC2CC(=O)N(CCc3cccc(Cl)c3)C2)CC1. The molecular formula is C19H26ClN3O2. The summed E-state index contributed by atoms with van der Waals surface area (Å²) in [6.45, 7) is 4.76. The van der Waals surface area contributed by atoms with Gasteiger partial charge in [-0.15, -0.1) is 0 Å². The summed E-state index contributed by atoms with van der Waals surface area (Å²) in [7, 11) is 0. The van der Waals surface area contributed by atoms with Crippen molar-refractivity contribution in [1.29, 1.82) is 0 Å². The van der Waals surface area contributed by atoms with E-state index in [-0.39, 0.29) is 17.9 Å². The quantitative estimate of drug-likeness (QED) is 0.871. The lowest BCUT2D eigenvalue weighted by molar-refractivity contribution is -0.130. The maximum atomic E-state index is 12.3. The van der Waals surface area contributed by atoms with Gasteiger partial charge in [0.15, 0.2) is 0 Å². The van der Waals surface area contributed by atoms with E-state index < -0.39 is 0 Å². The first-order valence-corrected chi connectivity index (χ1v) is 9.43. The third kappa shape index (κ3) is 4.95. The molecule has 1 atom stereocenters. The average Bonchev–Trinajstić information content (AvgIpc) is 2.93. The van der Waals surface area contributed by atoms with Crippen LogP contribution in [0.3, 0.4) is 0 Å². The van der Waals surface area contributed by atoms with Crippen LogP contribution in [0.5, 0.6) is 0 Å². The molecule has 0 aliphatic carbocycles. The maximum absolute atomic E-state index is 12.3. The molecule has 2 amide bonds. The lowest BCUT2D eigenvalue weighted by Crippen LogP contribution is -2.48. The van der Waals surface area contributed by atoms with Gasteiger partial charge in [0, 0.05) is 56.6 Å². The van der Waals surface area contributed by atoms with Gasteiger partial charge < -0.3 is 15.1 Å². The number of nitrogens with one attached hydrogen (secondary N) is 1. The van der Waals surface area contributed by atoms with Crippen molar-refractivity contribution in [2.45, 2.75) is 44.7 Å².